The van der Waals surface area contributed by atoms with E-state index in [-0.39, 0.29) is 45.7 Å². The predicted octanol–water partition coefficient (Wildman–Crippen LogP) is 4.42. The van der Waals surface area contributed by atoms with Crippen LogP contribution in [0.15, 0.2) is 48.5 Å². The summed E-state index contributed by atoms with van der Waals surface area (Å²) in [5, 5.41) is 26.7. The molecule has 2 aromatic carbocycles. The first kappa shape index (κ1) is 28.4. The van der Waals surface area contributed by atoms with Crippen molar-refractivity contribution in [3.8, 4) is 0 Å². The van der Waals surface area contributed by atoms with Crippen LogP contribution < -0.4 is 10.6 Å². The van der Waals surface area contributed by atoms with Crippen molar-refractivity contribution in [2.45, 2.75) is 13.8 Å². The van der Waals surface area contributed by atoms with E-state index in [1.165, 1.54) is 50.2 Å². The quantitative estimate of drug-likeness (QED) is 0.205. The van der Waals surface area contributed by atoms with Gasteiger partial charge in [-0.15, -0.1) is 0 Å². The van der Waals surface area contributed by atoms with Gasteiger partial charge in [-0.3, -0.25) is 29.8 Å². The normalized spacial score (nSPS) is 10.3. The van der Waals surface area contributed by atoms with E-state index in [0.717, 1.165) is 12.1 Å². The smallest absolute Gasteiger partial charge is 0.342 e. The molecule has 1 heterocycles. The first-order chi connectivity index (χ1) is 18.6. The highest BCUT2D eigenvalue weighted by atomic mass is 32.1. The summed E-state index contributed by atoms with van der Waals surface area (Å²) >= 11 is 0.628. The number of carbonyl (C=O) groups is 4. The van der Waals surface area contributed by atoms with Gasteiger partial charge in [-0.2, -0.15) is 0 Å². The molecule has 0 unspecified atom stereocenters. The molecule has 0 saturated heterocycles. The molecule has 0 aliphatic carbocycles. The monoisotopic (exact) mass is 556 g/mol. The van der Waals surface area contributed by atoms with Crippen LogP contribution in [0.2, 0.25) is 0 Å². The molecular weight excluding hydrogens is 536 g/mol. The maximum atomic E-state index is 12.9. The Morgan fingerprint density at radius 3 is 1.46 bits per heavy atom. The molecule has 3 aromatic rings. The van der Waals surface area contributed by atoms with E-state index < -0.39 is 44.7 Å². The number of carbonyl (C=O) groups excluding carboxylic acids is 4. The number of hydrogen-bond donors (Lipinski definition) is 2. The van der Waals surface area contributed by atoms with Gasteiger partial charge in [0.25, 0.3) is 23.2 Å². The number of amides is 2. The summed E-state index contributed by atoms with van der Waals surface area (Å²) < 4.78 is 10.1. The Hall–Kier alpha value is -5.18. The van der Waals surface area contributed by atoms with Crippen LogP contribution in [0.3, 0.4) is 0 Å². The number of nitrogens with one attached hydrogen (secondary N) is 2. The first-order valence-electron chi connectivity index (χ1n) is 11.2. The number of ether oxygens (including phenoxy) is 2. The maximum absolute atomic E-state index is 12.9. The van der Waals surface area contributed by atoms with Gasteiger partial charge in [0.2, 0.25) is 0 Å². The van der Waals surface area contributed by atoms with Crippen molar-refractivity contribution in [2.75, 3.05) is 23.8 Å². The molecule has 0 spiro atoms. The lowest BCUT2D eigenvalue weighted by Crippen LogP contribution is -2.19. The Kier molecular flexibility index (Phi) is 9.01. The largest absolute Gasteiger partial charge is 0.462 e. The van der Waals surface area contributed by atoms with Crippen molar-refractivity contribution in [2.24, 2.45) is 0 Å². The van der Waals surface area contributed by atoms with E-state index in [2.05, 4.69) is 10.6 Å². The van der Waals surface area contributed by atoms with E-state index in [1.807, 2.05) is 0 Å². The third-order valence-corrected chi connectivity index (χ3v) is 5.98. The summed E-state index contributed by atoms with van der Waals surface area (Å²) in [5.74, 6) is -3.72. The molecule has 0 atom stereocenters. The zero-order chi connectivity index (χ0) is 28.7. The van der Waals surface area contributed by atoms with Crippen LogP contribution in [0.5, 0.6) is 0 Å². The zero-order valence-corrected chi connectivity index (χ0v) is 21.2. The SMILES string of the molecule is CCOC(=O)c1c(NC(=O)c2cccc([N+](=O)[O-])c2)sc(NC(=O)c2cccc([N+](=O)[O-])c2)c1C(=O)OCC. The molecule has 2 amide bonds. The van der Waals surface area contributed by atoms with Crippen molar-refractivity contribution in [1.29, 1.82) is 0 Å². The minimum atomic E-state index is -1.01. The number of nitro groups is 2. The van der Waals surface area contributed by atoms with Gasteiger partial charge in [-0.05, 0) is 26.0 Å². The Morgan fingerprint density at radius 2 is 1.13 bits per heavy atom. The van der Waals surface area contributed by atoms with Crippen LogP contribution in [0, 0.1) is 20.2 Å². The van der Waals surface area contributed by atoms with Crippen LogP contribution >= 0.6 is 11.3 Å². The van der Waals surface area contributed by atoms with Gasteiger partial charge < -0.3 is 20.1 Å². The topological polar surface area (TPSA) is 197 Å². The second-order valence-electron chi connectivity index (χ2n) is 7.47. The zero-order valence-electron chi connectivity index (χ0n) is 20.4. The van der Waals surface area contributed by atoms with Crippen LogP contribution in [-0.4, -0.2) is 46.8 Å². The molecule has 0 fully saturated rings. The Bertz CT molecular complexity index is 1380. The minimum absolute atomic E-state index is 0.0927. The molecule has 0 saturated carbocycles. The number of hydrogen-bond acceptors (Lipinski definition) is 11. The number of nitrogens with zero attached hydrogens (tertiary/aromatic N) is 2. The molecule has 0 aliphatic rings. The Balaban J connectivity index is 2.09. The van der Waals surface area contributed by atoms with E-state index in [4.69, 9.17) is 9.47 Å². The van der Waals surface area contributed by atoms with E-state index in [1.54, 1.807) is 0 Å². The molecule has 3 rings (SSSR count). The van der Waals surface area contributed by atoms with Gasteiger partial charge >= 0.3 is 11.9 Å². The fraction of sp³-hybridized carbons (Fsp3) is 0.167. The van der Waals surface area contributed by atoms with E-state index in [0.29, 0.717) is 11.3 Å². The third-order valence-electron chi connectivity index (χ3n) is 4.96. The second-order valence-corrected chi connectivity index (χ2v) is 8.49. The first-order valence-corrected chi connectivity index (χ1v) is 12.0. The van der Waals surface area contributed by atoms with Crippen LogP contribution in [-0.2, 0) is 9.47 Å². The van der Waals surface area contributed by atoms with Gasteiger partial charge in [-0.25, -0.2) is 9.59 Å². The summed E-state index contributed by atoms with van der Waals surface area (Å²) in [4.78, 5) is 72.5. The lowest BCUT2D eigenvalue weighted by Gasteiger charge is -2.09. The van der Waals surface area contributed by atoms with Crippen LogP contribution in [0.25, 0.3) is 0 Å². The van der Waals surface area contributed by atoms with Crippen molar-refractivity contribution >= 4 is 56.5 Å². The van der Waals surface area contributed by atoms with Gasteiger partial charge in [0.05, 0.1) is 23.1 Å². The van der Waals surface area contributed by atoms with Crippen LogP contribution in [0.1, 0.15) is 55.3 Å². The number of thiophene rings is 1. The van der Waals surface area contributed by atoms with E-state index in [9.17, 15) is 39.4 Å². The minimum Gasteiger partial charge on any atom is -0.462 e. The predicted molar refractivity (Wildman–Crippen MR) is 138 cm³/mol. The highest BCUT2D eigenvalue weighted by Crippen LogP contribution is 2.39. The number of esters is 2. The summed E-state index contributed by atoms with van der Waals surface area (Å²) in [6.45, 7) is 2.84. The number of benzene rings is 2. The van der Waals surface area contributed by atoms with Gasteiger partial charge in [0.15, 0.2) is 0 Å². The number of anilines is 2. The molecule has 2 N–H and O–H groups in total. The van der Waals surface area contributed by atoms with Crippen molar-refractivity contribution in [3.05, 3.63) is 91.0 Å². The molecular formula is C24H20N4O10S. The van der Waals surface area contributed by atoms with Gasteiger partial charge in [0, 0.05) is 35.4 Å². The number of non-ortho nitro benzene ring substituents is 2. The number of rotatable bonds is 10. The molecule has 15 heteroatoms. The Morgan fingerprint density at radius 1 is 0.744 bits per heavy atom. The molecule has 1 aromatic heterocycles. The molecule has 39 heavy (non-hydrogen) atoms. The number of nitro benzene ring substituents is 2. The fourth-order valence-electron chi connectivity index (χ4n) is 3.28. The molecule has 0 bridgehead atoms. The van der Waals surface area contributed by atoms with Gasteiger partial charge in [-0.1, -0.05) is 23.5 Å². The Labute approximate surface area is 223 Å². The van der Waals surface area contributed by atoms with Gasteiger partial charge in [0.1, 0.15) is 21.1 Å². The summed E-state index contributed by atoms with van der Waals surface area (Å²) in [6, 6.07) is 9.60. The lowest BCUT2D eigenvalue weighted by atomic mass is 10.1. The summed E-state index contributed by atoms with van der Waals surface area (Å²) in [7, 11) is 0. The molecule has 0 aliphatic heterocycles. The molecule has 14 nitrogen and oxygen atoms in total. The average molecular weight is 557 g/mol. The lowest BCUT2D eigenvalue weighted by molar-refractivity contribution is -0.385. The van der Waals surface area contributed by atoms with Crippen molar-refractivity contribution in [3.63, 3.8) is 0 Å². The third kappa shape index (κ3) is 6.58. The average Bonchev–Trinajstić information content (AvgIpc) is 3.26. The van der Waals surface area contributed by atoms with Crippen molar-refractivity contribution < 1.29 is 38.5 Å². The molecule has 202 valence electrons. The highest BCUT2D eigenvalue weighted by molar-refractivity contribution is 7.21. The fourth-order valence-corrected chi connectivity index (χ4v) is 4.34. The van der Waals surface area contributed by atoms with E-state index >= 15 is 0 Å². The van der Waals surface area contributed by atoms with Crippen LogP contribution in [0.4, 0.5) is 21.4 Å². The second kappa shape index (κ2) is 12.4. The summed E-state index contributed by atoms with van der Waals surface area (Å²) in [6.07, 6.45) is 0. The maximum Gasteiger partial charge on any atom is 0.342 e. The summed E-state index contributed by atoms with van der Waals surface area (Å²) in [5.41, 5.74) is -1.76. The highest BCUT2D eigenvalue weighted by Gasteiger charge is 2.32. The standard InChI is InChI=1S/C24H20N4O10S/c1-3-37-23(31)17-18(24(32)38-4-2)22(26-20(30)14-8-6-10-16(12-14)28(35)36)39-21(17)25-19(29)13-7-5-9-15(11-13)27(33)34/h5-12H,3-4H2,1-2H3,(H,25,29)(H,26,30). The molecule has 0 radical (unpaired) electrons. The van der Waals surface area contributed by atoms with Crippen molar-refractivity contribution in [1.82, 2.24) is 0 Å².